The van der Waals surface area contributed by atoms with E-state index in [0.29, 0.717) is 12.2 Å². The Balaban J connectivity index is 2.54. The maximum absolute atomic E-state index is 11.4. The standard InChI is InChI=1S/C24H36O5/c1-17(13-20(4)22(27)15-25)9-7-6-8-10-18(2)23(28-5)14-21-12-11-19(3)24(16-26)29-21/h6-10,16-17,20-21,23,25H,11-15H2,1-5H3/b8-6+,9-7+,18-10+/t17-,20-,21+,23+/m1/s1. The molecule has 4 atom stereocenters. The molecule has 0 aromatic heterocycles. The molecule has 0 aliphatic carbocycles. The number of methoxy groups -OCH3 is 1. The zero-order valence-electron chi connectivity index (χ0n) is 18.4. The molecule has 1 aliphatic heterocycles. The lowest BCUT2D eigenvalue weighted by molar-refractivity contribution is -0.125. The highest BCUT2D eigenvalue weighted by atomic mass is 16.5. The molecule has 0 radical (unpaired) electrons. The van der Waals surface area contributed by atoms with E-state index in [0.717, 1.165) is 36.7 Å². The molecule has 0 amide bonds. The van der Waals surface area contributed by atoms with E-state index in [2.05, 4.69) is 13.0 Å². The highest BCUT2D eigenvalue weighted by molar-refractivity contribution is 5.81. The fraction of sp³-hybridized carbons (Fsp3) is 0.583. The number of aliphatic hydroxyl groups excluding tert-OH is 1. The summed E-state index contributed by atoms with van der Waals surface area (Å²) in [5, 5.41) is 8.90. The van der Waals surface area contributed by atoms with E-state index in [4.69, 9.17) is 14.6 Å². The van der Waals surface area contributed by atoms with Crippen LogP contribution in [0.1, 0.15) is 53.4 Å². The largest absolute Gasteiger partial charge is 0.487 e. The molecule has 0 spiro atoms. The SMILES string of the molecule is CO[C@@H](C[C@@H]1CCC(C)=C(C=O)O1)/C(C)=C/C=C/C=C/[C@@H](C)C[C@@H](C)C(=O)CO. The lowest BCUT2D eigenvalue weighted by Crippen LogP contribution is -2.26. The predicted molar refractivity (Wildman–Crippen MR) is 115 cm³/mol. The van der Waals surface area contributed by atoms with Gasteiger partial charge in [0.2, 0.25) is 0 Å². The second-order valence-corrected chi connectivity index (χ2v) is 7.92. The van der Waals surface area contributed by atoms with Gasteiger partial charge in [-0.1, -0.05) is 44.2 Å². The Morgan fingerprint density at radius 1 is 1.31 bits per heavy atom. The Morgan fingerprint density at radius 2 is 2.03 bits per heavy atom. The summed E-state index contributed by atoms with van der Waals surface area (Å²) in [6.07, 6.45) is 13.9. The van der Waals surface area contributed by atoms with Crippen molar-refractivity contribution < 1.29 is 24.2 Å². The van der Waals surface area contributed by atoms with Crippen molar-refractivity contribution in [3.8, 4) is 0 Å². The first-order valence-electron chi connectivity index (χ1n) is 10.3. The summed E-state index contributed by atoms with van der Waals surface area (Å²) in [5.41, 5.74) is 2.10. The van der Waals surface area contributed by atoms with Gasteiger partial charge in [0, 0.05) is 19.4 Å². The van der Waals surface area contributed by atoms with Gasteiger partial charge >= 0.3 is 0 Å². The number of hydrogen-bond acceptors (Lipinski definition) is 5. The number of aliphatic hydroxyl groups is 1. The van der Waals surface area contributed by atoms with Gasteiger partial charge in [-0.3, -0.25) is 9.59 Å². The zero-order chi connectivity index (χ0) is 21.8. The average molecular weight is 405 g/mol. The first-order valence-corrected chi connectivity index (χ1v) is 10.3. The molecular weight excluding hydrogens is 368 g/mol. The molecule has 0 fully saturated rings. The molecule has 1 N–H and O–H groups in total. The van der Waals surface area contributed by atoms with E-state index in [1.54, 1.807) is 7.11 Å². The van der Waals surface area contributed by atoms with E-state index < -0.39 is 0 Å². The molecule has 5 nitrogen and oxygen atoms in total. The van der Waals surface area contributed by atoms with E-state index in [9.17, 15) is 9.59 Å². The summed E-state index contributed by atoms with van der Waals surface area (Å²) in [7, 11) is 1.69. The number of Topliss-reactive ketones (excluding diaryl/α,β-unsaturated/α-hetero) is 1. The number of carbonyl (C=O) groups is 2. The van der Waals surface area contributed by atoms with Crippen LogP contribution in [0.25, 0.3) is 0 Å². The Labute approximate surface area is 175 Å². The van der Waals surface area contributed by atoms with Crippen molar-refractivity contribution in [2.45, 2.75) is 65.6 Å². The van der Waals surface area contributed by atoms with Crippen LogP contribution in [0.5, 0.6) is 0 Å². The maximum atomic E-state index is 11.4. The van der Waals surface area contributed by atoms with Crippen LogP contribution in [0.4, 0.5) is 0 Å². The van der Waals surface area contributed by atoms with Crippen molar-refractivity contribution in [3.05, 3.63) is 47.3 Å². The van der Waals surface area contributed by atoms with Crippen LogP contribution in [0, 0.1) is 11.8 Å². The van der Waals surface area contributed by atoms with E-state index in [1.807, 2.05) is 45.1 Å². The molecule has 29 heavy (non-hydrogen) atoms. The third-order valence-corrected chi connectivity index (χ3v) is 5.38. The molecule has 0 unspecified atom stereocenters. The molecule has 0 saturated carbocycles. The minimum absolute atomic E-state index is 0.0134. The third kappa shape index (κ3) is 8.92. The molecule has 1 aliphatic rings. The molecule has 0 aromatic rings. The number of carbonyl (C=O) groups excluding carboxylic acids is 2. The molecule has 0 bridgehead atoms. The van der Waals surface area contributed by atoms with Gasteiger partial charge in [-0.15, -0.1) is 0 Å². The van der Waals surface area contributed by atoms with Crippen LogP contribution in [0.3, 0.4) is 0 Å². The van der Waals surface area contributed by atoms with Crippen LogP contribution in [-0.2, 0) is 19.1 Å². The summed E-state index contributed by atoms with van der Waals surface area (Å²) in [4.78, 5) is 22.5. The van der Waals surface area contributed by atoms with E-state index in [1.165, 1.54) is 0 Å². The number of allylic oxidation sites excluding steroid dienone is 7. The Morgan fingerprint density at radius 3 is 2.66 bits per heavy atom. The third-order valence-electron chi connectivity index (χ3n) is 5.38. The fourth-order valence-corrected chi connectivity index (χ4v) is 3.40. The van der Waals surface area contributed by atoms with Crippen molar-refractivity contribution in [2.24, 2.45) is 11.8 Å². The number of ketones is 1. The van der Waals surface area contributed by atoms with Gasteiger partial charge in [0.1, 0.15) is 12.7 Å². The monoisotopic (exact) mass is 404 g/mol. The molecule has 0 saturated heterocycles. The normalized spacial score (nSPS) is 21.3. The number of ether oxygens (including phenoxy) is 2. The molecule has 162 valence electrons. The van der Waals surface area contributed by atoms with E-state index >= 15 is 0 Å². The van der Waals surface area contributed by atoms with Crippen LogP contribution in [0.15, 0.2) is 47.3 Å². The number of hydrogen-bond donors (Lipinski definition) is 1. The van der Waals surface area contributed by atoms with Gasteiger partial charge in [-0.25, -0.2) is 0 Å². The lowest BCUT2D eigenvalue weighted by atomic mass is 9.94. The van der Waals surface area contributed by atoms with Crippen molar-refractivity contribution in [1.82, 2.24) is 0 Å². The quantitative estimate of drug-likeness (QED) is 0.387. The topological polar surface area (TPSA) is 72.8 Å². The van der Waals surface area contributed by atoms with Gasteiger partial charge < -0.3 is 14.6 Å². The van der Waals surface area contributed by atoms with Gasteiger partial charge in [0.25, 0.3) is 0 Å². The summed E-state index contributed by atoms with van der Waals surface area (Å²) in [6.45, 7) is 7.48. The highest BCUT2D eigenvalue weighted by Crippen LogP contribution is 2.27. The molecule has 1 rings (SSSR count). The van der Waals surface area contributed by atoms with Crippen LogP contribution < -0.4 is 0 Å². The van der Waals surface area contributed by atoms with Crippen LogP contribution in [0.2, 0.25) is 0 Å². The summed E-state index contributed by atoms with van der Waals surface area (Å²) in [6, 6.07) is 0. The second kappa shape index (κ2) is 13.3. The second-order valence-electron chi connectivity index (χ2n) is 7.92. The Hall–Kier alpha value is -1.98. The highest BCUT2D eigenvalue weighted by Gasteiger charge is 2.24. The van der Waals surface area contributed by atoms with Crippen molar-refractivity contribution in [2.75, 3.05) is 13.7 Å². The summed E-state index contributed by atoms with van der Waals surface area (Å²) < 4.78 is 11.4. The maximum Gasteiger partial charge on any atom is 0.184 e. The van der Waals surface area contributed by atoms with Crippen molar-refractivity contribution in [3.63, 3.8) is 0 Å². The van der Waals surface area contributed by atoms with Crippen molar-refractivity contribution >= 4 is 12.1 Å². The van der Waals surface area contributed by atoms with Crippen molar-refractivity contribution in [1.29, 1.82) is 0 Å². The average Bonchev–Trinajstić information content (AvgIpc) is 2.71. The first-order chi connectivity index (χ1) is 13.8. The Kier molecular flexibility index (Phi) is 11.5. The van der Waals surface area contributed by atoms with Gasteiger partial charge in [-0.05, 0) is 50.2 Å². The molecule has 0 aromatic carbocycles. The van der Waals surface area contributed by atoms with Gasteiger partial charge in [0.05, 0.1) is 6.10 Å². The predicted octanol–water partition coefficient (Wildman–Crippen LogP) is 4.33. The smallest absolute Gasteiger partial charge is 0.184 e. The van der Waals surface area contributed by atoms with Gasteiger partial charge in [0.15, 0.2) is 17.8 Å². The minimum Gasteiger partial charge on any atom is -0.487 e. The Bertz CT molecular complexity index is 656. The van der Waals surface area contributed by atoms with Gasteiger partial charge in [-0.2, -0.15) is 0 Å². The van der Waals surface area contributed by atoms with Crippen LogP contribution in [-0.4, -0.2) is 43.1 Å². The summed E-state index contributed by atoms with van der Waals surface area (Å²) >= 11 is 0. The summed E-state index contributed by atoms with van der Waals surface area (Å²) in [5.74, 6) is 0.479. The minimum atomic E-state index is -0.388. The van der Waals surface area contributed by atoms with Crippen LogP contribution >= 0.6 is 0 Å². The number of aldehydes is 1. The lowest BCUT2D eigenvalue weighted by Gasteiger charge is -2.28. The molecule has 5 heteroatoms. The number of rotatable bonds is 12. The zero-order valence-corrected chi connectivity index (χ0v) is 18.4. The fourth-order valence-electron chi connectivity index (χ4n) is 3.40. The first kappa shape index (κ1) is 25.1. The molecular formula is C24H36O5. The van der Waals surface area contributed by atoms with E-state index in [-0.39, 0.29) is 36.4 Å². The molecule has 1 heterocycles.